The van der Waals surface area contributed by atoms with Crippen molar-refractivity contribution in [1.29, 1.82) is 0 Å². The van der Waals surface area contributed by atoms with Gasteiger partial charge in [-0.05, 0) is 31.1 Å². The zero-order valence-corrected chi connectivity index (χ0v) is 20.0. The van der Waals surface area contributed by atoms with E-state index in [4.69, 9.17) is 4.99 Å². The Hall–Kier alpha value is -0.0900. The summed E-state index contributed by atoms with van der Waals surface area (Å²) < 4.78 is 23.4. The summed E-state index contributed by atoms with van der Waals surface area (Å²) in [5.41, 5.74) is 0. The number of aliphatic imine (C=N–C) groups is 1. The highest BCUT2D eigenvalue weighted by Gasteiger charge is 2.29. The van der Waals surface area contributed by atoms with Crippen LogP contribution in [-0.4, -0.2) is 81.0 Å². The van der Waals surface area contributed by atoms with Crippen LogP contribution in [0.1, 0.15) is 46.0 Å². The molecule has 8 heteroatoms. The number of hydrogen-bond donors (Lipinski definition) is 1. The second-order valence-corrected chi connectivity index (χ2v) is 11.0. The minimum Gasteiger partial charge on any atom is -0.354 e. The zero-order valence-electron chi connectivity index (χ0n) is 16.9. The molecule has 0 spiro atoms. The fourth-order valence-corrected chi connectivity index (χ4v) is 6.23. The maximum absolute atomic E-state index is 11.7. The largest absolute Gasteiger partial charge is 0.354 e. The Bertz CT molecular complexity index is 583. The highest BCUT2D eigenvalue weighted by atomic mass is 127. The van der Waals surface area contributed by atoms with E-state index in [1.165, 1.54) is 25.7 Å². The minimum absolute atomic E-state index is 0. The SMILES string of the molecule is CC(C)CN1CCN(C(=NCC2CCS(=O)(=O)C2)NC2CCCC2)CC1.I. The highest BCUT2D eigenvalue weighted by molar-refractivity contribution is 14.0. The van der Waals surface area contributed by atoms with Crippen LogP contribution in [0, 0.1) is 11.8 Å². The topological polar surface area (TPSA) is 65.0 Å². The molecule has 0 aromatic heterocycles. The molecular weight excluding hydrogens is 475 g/mol. The Morgan fingerprint density at radius 3 is 2.33 bits per heavy atom. The standard InChI is InChI=1S/C19H36N4O2S.HI/c1-16(2)14-22-8-10-23(11-9-22)19(21-18-5-3-4-6-18)20-13-17-7-12-26(24,25)15-17;/h16-18H,3-15H2,1-2H3,(H,20,21);1H. The summed E-state index contributed by atoms with van der Waals surface area (Å²) >= 11 is 0. The normalized spacial score (nSPS) is 27.1. The number of halogens is 1. The van der Waals surface area contributed by atoms with E-state index in [1.807, 2.05) is 0 Å². The first-order valence-corrected chi connectivity index (χ1v) is 12.2. The van der Waals surface area contributed by atoms with Crippen molar-refractivity contribution >= 4 is 39.8 Å². The first-order valence-electron chi connectivity index (χ1n) is 10.4. The summed E-state index contributed by atoms with van der Waals surface area (Å²) in [4.78, 5) is 9.82. The van der Waals surface area contributed by atoms with E-state index >= 15 is 0 Å². The molecule has 0 aromatic carbocycles. The van der Waals surface area contributed by atoms with Crippen molar-refractivity contribution < 1.29 is 8.42 Å². The van der Waals surface area contributed by atoms with Crippen LogP contribution in [0.5, 0.6) is 0 Å². The molecule has 1 N–H and O–H groups in total. The number of piperazine rings is 1. The molecule has 1 atom stereocenters. The van der Waals surface area contributed by atoms with E-state index in [0.717, 1.165) is 45.1 Å². The third-order valence-electron chi connectivity index (χ3n) is 5.81. The average Bonchev–Trinajstić information content (AvgIpc) is 3.21. The molecule has 0 aromatic rings. The number of hydrogen-bond acceptors (Lipinski definition) is 4. The van der Waals surface area contributed by atoms with Gasteiger partial charge >= 0.3 is 0 Å². The van der Waals surface area contributed by atoms with Crippen molar-refractivity contribution in [3.8, 4) is 0 Å². The lowest BCUT2D eigenvalue weighted by atomic mass is 10.1. The Balaban J connectivity index is 0.00000261. The summed E-state index contributed by atoms with van der Waals surface area (Å²) in [6, 6.07) is 0.537. The predicted octanol–water partition coefficient (Wildman–Crippen LogP) is 2.20. The fourth-order valence-electron chi connectivity index (χ4n) is 4.38. The van der Waals surface area contributed by atoms with E-state index in [0.29, 0.717) is 30.0 Å². The molecule has 2 saturated heterocycles. The van der Waals surface area contributed by atoms with Crippen molar-refractivity contribution in [2.24, 2.45) is 16.8 Å². The van der Waals surface area contributed by atoms with Crippen LogP contribution in [0.3, 0.4) is 0 Å². The van der Waals surface area contributed by atoms with E-state index < -0.39 is 9.84 Å². The van der Waals surface area contributed by atoms with Gasteiger partial charge in [0, 0.05) is 45.3 Å². The van der Waals surface area contributed by atoms with Crippen LogP contribution in [-0.2, 0) is 9.84 Å². The van der Waals surface area contributed by atoms with Crippen LogP contribution in [0.4, 0.5) is 0 Å². The molecule has 1 aliphatic carbocycles. The fraction of sp³-hybridized carbons (Fsp3) is 0.947. The first-order chi connectivity index (χ1) is 12.4. The molecule has 0 amide bonds. The van der Waals surface area contributed by atoms with Gasteiger partial charge in [-0.3, -0.25) is 9.89 Å². The molecule has 2 heterocycles. The van der Waals surface area contributed by atoms with Crippen molar-refractivity contribution in [2.75, 3.05) is 50.8 Å². The Labute approximate surface area is 182 Å². The molecule has 2 aliphatic heterocycles. The monoisotopic (exact) mass is 512 g/mol. The van der Waals surface area contributed by atoms with Crippen LogP contribution in [0.2, 0.25) is 0 Å². The lowest BCUT2D eigenvalue weighted by molar-refractivity contribution is 0.163. The molecule has 3 rings (SSSR count). The molecule has 158 valence electrons. The van der Waals surface area contributed by atoms with E-state index in [2.05, 4.69) is 29.0 Å². The number of nitrogens with one attached hydrogen (secondary N) is 1. The number of nitrogens with zero attached hydrogens (tertiary/aromatic N) is 3. The van der Waals surface area contributed by atoms with Gasteiger partial charge in [0.1, 0.15) is 0 Å². The summed E-state index contributed by atoms with van der Waals surface area (Å²) in [7, 11) is -2.82. The molecule has 27 heavy (non-hydrogen) atoms. The van der Waals surface area contributed by atoms with Gasteiger partial charge in [-0.1, -0.05) is 26.7 Å². The Kier molecular flexibility index (Phi) is 9.12. The number of sulfone groups is 1. The van der Waals surface area contributed by atoms with E-state index in [1.54, 1.807) is 0 Å². The summed E-state index contributed by atoms with van der Waals surface area (Å²) in [5, 5.41) is 3.69. The summed E-state index contributed by atoms with van der Waals surface area (Å²) in [6.07, 6.45) is 5.82. The van der Waals surface area contributed by atoms with Crippen molar-refractivity contribution in [3.63, 3.8) is 0 Å². The summed E-state index contributed by atoms with van der Waals surface area (Å²) in [6.45, 7) is 10.5. The van der Waals surface area contributed by atoms with Crippen LogP contribution in [0.25, 0.3) is 0 Å². The van der Waals surface area contributed by atoms with Crippen molar-refractivity contribution in [3.05, 3.63) is 0 Å². The average molecular weight is 513 g/mol. The van der Waals surface area contributed by atoms with Gasteiger partial charge in [-0.25, -0.2) is 8.42 Å². The molecule has 6 nitrogen and oxygen atoms in total. The Morgan fingerprint density at radius 1 is 1.11 bits per heavy atom. The quantitative estimate of drug-likeness (QED) is 0.348. The maximum Gasteiger partial charge on any atom is 0.194 e. The van der Waals surface area contributed by atoms with Gasteiger partial charge < -0.3 is 10.2 Å². The molecule has 0 radical (unpaired) electrons. The minimum atomic E-state index is -2.82. The van der Waals surface area contributed by atoms with E-state index in [9.17, 15) is 8.42 Å². The molecule has 1 unspecified atom stereocenters. The maximum atomic E-state index is 11.7. The van der Waals surface area contributed by atoms with Crippen LogP contribution in [0.15, 0.2) is 4.99 Å². The lowest BCUT2D eigenvalue weighted by Gasteiger charge is -2.38. The smallest absolute Gasteiger partial charge is 0.194 e. The van der Waals surface area contributed by atoms with Gasteiger partial charge in [0.05, 0.1) is 11.5 Å². The van der Waals surface area contributed by atoms with Crippen LogP contribution >= 0.6 is 24.0 Å². The van der Waals surface area contributed by atoms with Crippen LogP contribution < -0.4 is 5.32 Å². The van der Waals surface area contributed by atoms with Gasteiger partial charge in [-0.2, -0.15) is 0 Å². The predicted molar refractivity (Wildman–Crippen MR) is 123 cm³/mol. The second-order valence-electron chi connectivity index (χ2n) is 8.74. The molecule has 3 aliphatic rings. The number of guanidine groups is 1. The third kappa shape index (κ3) is 7.34. The van der Waals surface area contributed by atoms with Gasteiger partial charge in [0.2, 0.25) is 0 Å². The molecular formula is C19H37IN4O2S. The van der Waals surface area contributed by atoms with E-state index in [-0.39, 0.29) is 29.9 Å². The number of rotatable bonds is 5. The van der Waals surface area contributed by atoms with Gasteiger partial charge in [0.25, 0.3) is 0 Å². The second kappa shape index (κ2) is 10.6. The highest BCUT2D eigenvalue weighted by Crippen LogP contribution is 2.20. The van der Waals surface area contributed by atoms with Gasteiger partial charge in [-0.15, -0.1) is 24.0 Å². The molecule has 3 fully saturated rings. The van der Waals surface area contributed by atoms with Crippen molar-refractivity contribution in [1.82, 2.24) is 15.1 Å². The van der Waals surface area contributed by atoms with Crippen molar-refractivity contribution in [2.45, 2.75) is 52.0 Å². The lowest BCUT2D eigenvalue weighted by Crippen LogP contribution is -2.54. The molecule has 1 saturated carbocycles. The zero-order chi connectivity index (χ0) is 18.6. The third-order valence-corrected chi connectivity index (χ3v) is 7.65. The first kappa shape index (κ1) is 23.2. The summed E-state index contributed by atoms with van der Waals surface area (Å²) in [5.74, 6) is 2.57. The Morgan fingerprint density at radius 2 is 1.78 bits per heavy atom. The molecule has 0 bridgehead atoms. The van der Waals surface area contributed by atoms with Gasteiger partial charge in [0.15, 0.2) is 15.8 Å².